The first-order chi connectivity index (χ1) is 15.5. The molecule has 164 valence electrons. The SMILES string of the molecule is C=Nc1c2c(n(-c3ccc(NC(=O)NCCc4ccc(F)cc4)cc3)c1C(C)=N)CCC2. The van der Waals surface area contributed by atoms with E-state index in [-0.39, 0.29) is 11.8 Å². The average molecular weight is 432 g/mol. The molecule has 1 heterocycles. The van der Waals surface area contributed by atoms with Gasteiger partial charge in [-0.25, -0.2) is 9.18 Å². The quantitative estimate of drug-likeness (QED) is 0.442. The highest BCUT2D eigenvalue weighted by atomic mass is 19.1. The van der Waals surface area contributed by atoms with Crippen molar-refractivity contribution in [2.24, 2.45) is 4.99 Å². The molecule has 2 aromatic carbocycles. The number of carbonyl (C=O) groups is 1. The van der Waals surface area contributed by atoms with E-state index in [0.29, 0.717) is 24.4 Å². The molecular weight excluding hydrogens is 405 g/mol. The minimum Gasteiger partial charge on any atom is -0.338 e. The van der Waals surface area contributed by atoms with Gasteiger partial charge in [0.15, 0.2) is 0 Å². The summed E-state index contributed by atoms with van der Waals surface area (Å²) >= 11 is 0. The van der Waals surface area contributed by atoms with Crippen molar-refractivity contribution in [3.8, 4) is 5.69 Å². The van der Waals surface area contributed by atoms with Crippen molar-refractivity contribution in [1.29, 1.82) is 5.41 Å². The van der Waals surface area contributed by atoms with Gasteiger partial charge in [-0.3, -0.25) is 4.99 Å². The molecule has 0 radical (unpaired) electrons. The summed E-state index contributed by atoms with van der Waals surface area (Å²) in [5.74, 6) is -0.271. The van der Waals surface area contributed by atoms with Gasteiger partial charge in [-0.1, -0.05) is 12.1 Å². The van der Waals surface area contributed by atoms with Gasteiger partial charge in [0.25, 0.3) is 0 Å². The fraction of sp³-hybridized carbons (Fsp3) is 0.240. The molecule has 32 heavy (non-hydrogen) atoms. The molecule has 1 aromatic heterocycles. The first-order valence-corrected chi connectivity index (χ1v) is 10.7. The fourth-order valence-electron chi connectivity index (χ4n) is 4.25. The number of aromatic nitrogens is 1. The normalized spacial score (nSPS) is 12.3. The Balaban J connectivity index is 1.44. The number of hydrogen-bond donors (Lipinski definition) is 3. The number of benzene rings is 2. The maximum absolute atomic E-state index is 13.0. The minimum atomic E-state index is -0.295. The van der Waals surface area contributed by atoms with Gasteiger partial charge in [0.1, 0.15) is 5.82 Å². The van der Waals surface area contributed by atoms with Crippen molar-refractivity contribution < 1.29 is 9.18 Å². The summed E-state index contributed by atoms with van der Waals surface area (Å²) in [5.41, 5.74) is 6.98. The second-order valence-corrected chi connectivity index (χ2v) is 7.90. The molecule has 7 heteroatoms. The number of aliphatic imine (C=N–C) groups is 1. The minimum absolute atomic E-state index is 0.271. The van der Waals surface area contributed by atoms with E-state index in [1.807, 2.05) is 24.3 Å². The van der Waals surface area contributed by atoms with Gasteiger partial charge in [0, 0.05) is 23.6 Å². The highest BCUT2D eigenvalue weighted by Crippen LogP contribution is 2.39. The number of urea groups is 1. The van der Waals surface area contributed by atoms with Crippen LogP contribution in [0.4, 0.5) is 20.6 Å². The van der Waals surface area contributed by atoms with Gasteiger partial charge in [-0.2, -0.15) is 0 Å². The first-order valence-electron chi connectivity index (χ1n) is 10.7. The van der Waals surface area contributed by atoms with Crippen LogP contribution in [0, 0.1) is 11.2 Å². The van der Waals surface area contributed by atoms with E-state index in [0.717, 1.165) is 41.9 Å². The van der Waals surface area contributed by atoms with Crippen LogP contribution in [0.5, 0.6) is 0 Å². The summed E-state index contributed by atoms with van der Waals surface area (Å²) in [5, 5.41) is 13.9. The largest absolute Gasteiger partial charge is 0.338 e. The zero-order valence-corrected chi connectivity index (χ0v) is 18.0. The van der Waals surface area contributed by atoms with Crippen LogP contribution in [-0.2, 0) is 19.3 Å². The van der Waals surface area contributed by atoms with Gasteiger partial charge < -0.3 is 20.6 Å². The second kappa shape index (κ2) is 9.18. The summed E-state index contributed by atoms with van der Waals surface area (Å²) in [6, 6.07) is 13.5. The summed E-state index contributed by atoms with van der Waals surface area (Å²) in [6.45, 7) is 5.94. The van der Waals surface area contributed by atoms with E-state index in [2.05, 4.69) is 26.9 Å². The number of hydrogen-bond acceptors (Lipinski definition) is 3. The predicted octanol–water partition coefficient (Wildman–Crippen LogP) is 5.19. The third-order valence-corrected chi connectivity index (χ3v) is 5.70. The van der Waals surface area contributed by atoms with Crippen molar-refractivity contribution >= 4 is 29.8 Å². The number of nitrogens with zero attached hydrogens (tertiary/aromatic N) is 2. The topological polar surface area (TPSA) is 82.3 Å². The van der Waals surface area contributed by atoms with Crippen molar-refractivity contribution in [2.45, 2.75) is 32.6 Å². The second-order valence-electron chi connectivity index (χ2n) is 7.90. The Bertz CT molecular complexity index is 1160. The Morgan fingerprint density at radius 2 is 1.88 bits per heavy atom. The van der Waals surface area contributed by atoms with Crippen LogP contribution in [-0.4, -0.2) is 29.6 Å². The lowest BCUT2D eigenvalue weighted by Crippen LogP contribution is -2.30. The van der Waals surface area contributed by atoms with Crippen LogP contribution in [0.15, 0.2) is 53.5 Å². The van der Waals surface area contributed by atoms with Crippen LogP contribution in [0.25, 0.3) is 5.69 Å². The number of amides is 2. The Morgan fingerprint density at radius 1 is 1.16 bits per heavy atom. The fourth-order valence-corrected chi connectivity index (χ4v) is 4.25. The van der Waals surface area contributed by atoms with Crippen molar-refractivity contribution in [3.05, 3.63) is 76.9 Å². The van der Waals surface area contributed by atoms with E-state index in [1.165, 1.54) is 23.4 Å². The van der Waals surface area contributed by atoms with Gasteiger partial charge in [-0.05, 0) is 86.8 Å². The molecule has 0 saturated heterocycles. The predicted molar refractivity (Wildman–Crippen MR) is 127 cm³/mol. The standard InChI is InChI=1S/C25H26FN5O/c1-16(27)24-23(28-2)21-4-3-5-22(21)31(24)20-12-10-19(11-13-20)30-25(32)29-15-14-17-6-8-18(26)9-7-17/h6-13,27H,2-5,14-15H2,1H3,(H2,29,30,32). The van der Waals surface area contributed by atoms with Crippen LogP contribution in [0.1, 0.15) is 35.9 Å². The lowest BCUT2D eigenvalue weighted by Gasteiger charge is -2.14. The number of anilines is 1. The van der Waals surface area contributed by atoms with Crippen molar-refractivity contribution in [2.75, 3.05) is 11.9 Å². The highest BCUT2D eigenvalue weighted by Gasteiger charge is 2.27. The van der Waals surface area contributed by atoms with Crippen LogP contribution < -0.4 is 10.6 Å². The van der Waals surface area contributed by atoms with Crippen LogP contribution >= 0.6 is 0 Å². The monoisotopic (exact) mass is 431 g/mol. The molecule has 0 aliphatic heterocycles. The first kappa shape index (κ1) is 21.5. The zero-order valence-electron chi connectivity index (χ0n) is 18.0. The number of halogens is 1. The molecule has 0 spiro atoms. The van der Waals surface area contributed by atoms with Gasteiger partial charge in [0.05, 0.1) is 17.1 Å². The lowest BCUT2D eigenvalue weighted by molar-refractivity contribution is 0.252. The smallest absolute Gasteiger partial charge is 0.319 e. The Morgan fingerprint density at radius 3 is 2.53 bits per heavy atom. The Labute approximate surface area is 186 Å². The highest BCUT2D eigenvalue weighted by molar-refractivity contribution is 6.01. The van der Waals surface area contributed by atoms with Crippen molar-refractivity contribution in [1.82, 2.24) is 9.88 Å². The molecule has 0 bridgehead atoms. The average Bonchev–Trinajstić information content (AvgIpc) is 3.36. The van der Waals surface area contributed by atoms with Crippen LogP contribution in [0.3, 0.4) is 0 Å². The molecule has 0 saturated carbocycles. The third-order valence-electron chi connectivity index (χ3n) is 5.70. The van der Waals surface area contributed by atoms with E-state index in [1.54, 1.807) is 19.1 Å². The Hall–Kier alpha value is -3.74. The molecule has 0 fully saturated rings. The zero-order chi connectivity index (χ0) is 22.7. The maximum Gasteiger partial charge on any atom is 0.319 e. The molecule has 1 aliphatic rings. The van der Waals surface area contributed by atoms with E-state index in [4.69, 9.17) is 5.41 Å². The number of nitrogens with one attached hydrogen (secondary N) is 3. The Kier molecular flexibility index (Phi) is 6.16. The lowest BCUT2D eigenvalue weighted by atomic mass is 10.1. The molecule has 1 aliphatic carbocycles. The van der Waals surface area contributed by atoms with Gasteiger partial charge in [0.2, 0.25) is 0 Å². The maximum atomic E-state index is 13.0. The molecule has 0 atom stereocenters. The van der Waals surface area contributed by atoms with E-state index >= 15 is 0 Å². The van der Waals surface area contributed by atoms with Gasteiger partial charge >= 0.3 is 6.03 Å². The summed E-state index contributed by atoms with van der Waals surface area (Å²) < 4.78 is 15.1. The molecule has 3 N–H and O–H groups in total. The summed E-state index contributed by atoms with van der Waals surface area (Å²) in [7, 11) is 0. The summed E-state index contributed by atoms with van der Waals surface area (Å²) in [6.07, 6.45) is 3.59. The summed E-state index contributed by atoms with van der Waals surface area (Å²) in [4.78, 5) is 16.4. The number of rotatable bonds is 7. The van der Waals surface area contributed by atoms with Gasteiger partial charge in [-0.15, -0.1) is 0 Å². The molecule has 6 nitrogen and oxygen atoms in total. The van der Waals surface area contributed by atoms with Crippen LogP contribution in [0.2, 0.25) is 0 Å². The third kappa shape index (κ3) is 4.32. The van der Waals surface area contributed by atoms with E-state index in [9.17, 15) is 9.18 Å². The number of fused-ring (bicyclic) bond motifs is 1. The number of carbonyl (C=O) groups excluding carboxylic acids is 1. The van der Waals surface area contributed by atoms with Crippen molar-refractivity contribution in [3.63, 3.8) is 0 Å². The molecule has 3 aromatic rings. The molecule has 2 amide bonds. The molecule has 4 rings (SSSR count). The van der Waals surface area contributed by atoms with E-state index < -0.39 is 0 Å². The molecule has 0 unspecified atom stereocenters. The molecular formula is C25H26FN5O.